The first-order chi connectivity index (χ1) is 13.7. The van der Waals surface area contributed by atoms with Crippen LogP contribution in [0, 0.1) is 0 Å². The molecule has 2 amide bonds. The zero-order valence-corrected chi connectivity index (χ0v) is 17.9. The number of hydrogen-bond donors (Lipinski definition) is 2. The fourth-order valence-corrected chi connectivity index (χ4v) is 3.80. The highest BCUT2D eigenvalue weighted by Crippen LogP contribution is 2.28. The van der Waals surface area contributed by atoms with E-state index in [2.05, 4.69) is 15.6 Å². The molecule has 0 fully saturated rings. The van der Waals surface area contributed by atoms with Crippen LogP contribution in [0.15, 0.2) is 48.5 Å². The molecule has 0 saturated carbocycles. The Balaban J connectivity index is 1.77. The van der Waals surface area contributed by atoms with E-state index in [0.717, 1.165) is 15.8 Å². The van der Waals surface area contributed by atoms with Crippen LogP contribution in [0.2, 0.25) is 5.02 Å². The second-order valence-electron chi connectivity index (χ2n) is 7.51. The molecule has 3 aromatic rings. The normalized spacial score (nSPS) is 12.4. The van der Waals surface area contributed by atoms with Gasteiger partial charge in [-0.05, 0) is 44.5 Å². The Morgan fingerprint density at radius 1 is 1.17 bits per heavy atom. The first-order valence-electron chi connectivity index (χ1n) is 9.10. The van der Waals surface area contributed by atoms with Gasteiger partial charge in [-0.25, -0.2) is 9.78 Å². The molecule has 1 heterocycles. The number of nitrogens with zero attached hydrogens (tertiary/aromatic N) is 1. The Kier molecular flexibility index (Phi) is 6.39. The number of aromatic nitrogens is 1. The Hall–Kier alpha value is -2.64. The van der Waals surface area contributed by atoms with Crippen molar-refractivity contribution < 1.29 is 14.3 Å². The summed E-state index contributed by atoms with van der Waals surface area (Å²) in [6.45, 7) is 5.31. The number of ether oxygens (including phenoxy) is 1. The van der Waals surface area contributed by atoms with Crippen molar-refractivity contribution in [3.8, 4) is 0 Å². The molecule has 3 rings (SSSR count). The van der Waals surface area contributed by atoms with Crippen LogP contribution in [0.4, 0.5) is 9.93 Å². The number of hydrogen-bond acceptors (Lipinski definition) is 5. The quantitative estimate of drug-likeness (QED) is 0.594. The van der Waals surface area contributed by atoms with Crippen molar-refractivity contribution in [2.24, 2.45) is 0 Å². The molecule has 6 nitrogen and oxygen atoms in total. The molecule has 1 aromatic heterocycles. The topological polar surface area (TPSA) is 80.3 Å². The highest BCUT2D eigenvalue weighted by Gasteiger charge is 2.25. The zero-order chi connectivity index (χ0) is 21.0. The Morgan fingerprint density at radius 3 is 2.59 bits per heavy atom. The van der Waals surface area contributed by atoms with E-state index in [9.17, 15) is 9.59 Å². The minimum atomic E-state index is -0.817. The molecular weight excluding hydrogens is 410 g/mol. The molecule has 0 spiro atoms. The number of benzene rings is 2. The van der Waals surface area contributed by atoms with Crippen LogP contribution in [0.5, 0.6) is 0 Å². The molecule has 0 radical (unpaired) electrons. The maximum atomic E-state index is 12.9. The second-order valence-corrected chi connectivity index (χ2v) is 8.98. The van der Waals surface area contributed by atoms with Crippen LogP contribution in [-0.4, -0.2) is 28.6 Å². The van der Waals surface area contributed by atoms with Gasteiger partial charge < -0.3 is 15.4 Å². The third kappa shape index (κ3) is 6.17. The van der Waals surface area contributed by atoms with Gasteiger partial charge in [-0.3, -0.25) is 4.79 Å². The summed E-state index contributed by atoms with van der Waals surface area (Å²) in [5.74, 6) is -0.370. The van der Waals surface area contributed by atoms with Crippen LogP contribution >= 0.6 is 22.9 Å². The number of fused-ring (bicyclic) bond motifs is 1. The van der Waals surface area contributed by atoms with Gasteiger partial charge in [-0.15, -0.1) is 0 Å². The number of anilines is 1. The number of carbonyl (C=O) groups is 2. The smallest absolute Gasteiger partial charge is 0.408 e. The minimum Gasteiger partial charge on any atom is -0.444 e. The largest absolute Gasteiger partial charge is 0.444 e. The predicted molar refractivity (Wildman–Crippen MR) is 117 cm³/mol. The maximum absolute atomic E-state index is 12.9. The fourth-order valence-electron chi connectivity index (χ4n) is 2.65. The van der Waals surface area contributed by atoms with Gasteiger partial charge >= 0.3 is 6.09 Å². The van der Waals surface area contributed by atoms with Crippen LogP contribution in [0.1, 0.15) is 26.3 Å². The number of carbonyl (C=O) groups excluding carboxylic acids is 2. The van der Waals surface area contributed by atoms with Crippen molar-refractivity contribution in [2.45, 2.75) is 38.8 Å². The van der Waals surface area contributed by atoms with Gasteiger partial charge in [0.15, 0.2) is 5.13 Å². The van der Waals surface area contributed by atoms with Crippen LogP contribution in [0.25, 0.3) is 10.2 Å². The van der Waals surface area contributed by atoms with E-state index < -0.39 is 17.7 Å². The monoisotopic (exact) mass is 431 g/mol. The van der Waals surface area contributed by atoms with E-state index in [1.165, 1.54) is 11.3 Å². The number of thiazole rings is 1. The van der Waals surface area contributed by atoms with Crippen molar-refractivity contribution in [3.05, 3.63) is 59.1 Å². The van der Waals surface area contributed by atoms with E-state index in [4.69, 9.17) is 16.3 Å². The molecule has 2 aromatic carbocycles. The lowest BCUT2D eigenvalue weighted by atomic mass is 10.1. The minimum absolute atomic E-state index is 0.322. The number of nitrogens with one attached hydrogen (secondary N) is 2. The zero-order valence-electron chi connectivity index (χ0n) is 16.4. The van der Waals surface area contributed by atoms with E-state index in [1.807, 2.05) is 30.3 Å². The molecular formula is C21H22ClN3O3S. The average Bonchev–Trinajstić information content (AvgIpc) is 3.01. The van der Waals surface area contributed by atoms with Crippen LogP contribution in [0.3, 0.4) is 0 Å². The van der Waals surface area contributed by atoms with E-state index in [1.54, 1.807) is 39.0 Å². The van der Waals surface area contributed by atoms with E-state index in [0.29, 0.717) is 16.6 Å². The summed E-state index contributed by atoms with van der Waals surface area (Å²) < 4.78 is 6.18. The van der Waals surface area contributed by atoms with Crippen molar-refractivity contribution >= 4 is 50.3 Å². The second kappa shape index (κ2) is 8.80. The maximum Gasteiger partial charge on any atom is 0.408 e. The number of rotatable bonds is 5. The van der Waals surface area contributed by atoms with Crippen molar-refractivity contribution in [2.75, 3.05) is 5.32 Å². The third-order valence-electron chi connectivity index (χ3n) is 3.87. The average molecular weight is 432 g/mol. The summed E-state index contributed by atoms with van der Waals surface area (Å²) in [7, 11) is 0. The summed E-state index contributed by atoms with van der Waals surface area (Å²) >= 11 is 7.34. The number of halogens is 1. The van der Waals surface area contributed by atoms with Gasteiger partial charge in [-0.2, -0.15) is 0 Å². The summed E-state index contributed by atoms with van der Waals surface area (Å²) in [6.07, 6.45) is -0.326. The van der Waals surface area contributed by atoms with Crippen molar-refractivity contribution in [1.29, 1.82) is 0 Å². The molecule has 152 valence electrons. The van der Waals surface area contributed by atoms with Gasteiger partial charge in [0.05, 0.1) is 10.2 Å². The standard InChI is InChI=1S/C21H22ClN3O3S/c1-21(2,3)28-20(27)24-16(11-13-7-5-4-6-8-13)18(26)25-19-23-15-10-9-14(22)12-17(15)29-19/h4-10,12,16H,11H2,1-3H3,(H,24,27)(H,23,25,26). The van der Waals surface area contributed by atoms with E-state index in [-0.39, 0.29) is 5.91 Å². The molecule has 0 aliphatic carbocycles. The molecule has 1 unspecified atom stereocenters. The first-order valence-corrected chi connectivity index (χ1v) is 10.3. The third-order valence-corrected chi connectivity index (χ3v) is 5.04. The predicted octanol–water partition coefficient (Wildman–Crippen LogP) is 5.02. The Labute approximate surface area is 178 Å². The SMILES string of the molecule is CC(C)(C)OC(=O)NC(Cc1ccccc1)C(=O)Nc1nc2ccc(Cl)cc2s1. The highest BCUT2D eigenvalue weighted by molar-refractivity contribution is 7.22. The summed E-state index contributed by atoms with van der Waals surface area (Å²) in [5, 5.41) is 6.51. The summed E-state index contributed by atoms with van der Waals surface area (Å²) in [4.78, 5) is 29.6. The lowest BCUT2D eigenvalue weighted by molar-refractivity contribution is -0.118. The fraction of sp³-hybridized carbons (Fsp3) is 0.286. The number of amides is 2. The molecule has 0 aliphatic heterocycles. The Bertz CT molecular complexity index is 1010. The lowest BCUT2D eigenvalue weighted by Gasteiger charge is -2.23. The van der Waals surface area contributed by atoms with E-state index >= 15 is 0 Å². The molecule has 8 heteroatoms. The van der Waals surface area contributed by atoms with Crippen LogP contribution < -0.4 is 10.6 Å². The first kappa shape index (κ1) is 21.1. The molecule has 0 bridgehead atoms. The van der Waals surface area contributed by atoms with Crippen molar-refractivity contribution in [3.63, 3.8) is 0 Å². The van der Waals surface area contributed by atoms with Crippen molar-refractivity contribution in [1.82, 2.24) is 10.3 Å². The van der Waals surface area contributed by atoms with Gasteiger partial charge in [0.25, 0.3) is 0 Å². The van der Waals surface area contributed by atoms with Gasteiger partial charge in [-0.1, -0.05) is 53.3 Å². The summed E-state index contributed by atoms with van der Waals surface area (Å²) in [6, 6.07) is 14.0. The molecule has 0 aliphatic rings. The highest BCUT2D eigenvalue weighted by atomic mass is 35.5. The molecule has 2 N–H and O–H groups in total. The van der Waals surface area contributed by atoms with Gasteiger partial charge in [0.2, 0.25) is 5.91 Å². The summed E-state index contributed by atoms with van der Waals surface area (Å²) in [5.41, 5.74) is 0.999. The molecule has 1 atom stereocenters. The van der Waals surface area contributed by atoms with Gasteiger partial charge in [0, 0.05) is 11.4 Å². The lowest BCUT2D eigenvalue weighted by Crippen LogP contribution is -2.47. The van der Waals surface area contributed by atoms with Crippen LogP contribution in [-0.2, 0) is 16.0 Å². The van der Waals surface area contributed by atoms with Gasteiger partial charge in [0.1, 0.15) is 11.6 Å². The molecule has 29 heavy (non-hydrogen) atoms. The molecule has 0 saturated heterocycles. The number of alkyl carbamates (subject to hydrolysis) is 1. The Morgan fingerprint density at radius 2 is 1.90 bits per heavy atom.